The zero-order valence-electron chi connectivity index (χ0n) is 5.55. The maximum absolute atomic E-state index is 12.7. The number of halogens is 6. The lowest BCUT2D eigenvalue weighted by atomic mass is 10.2. The second-order valence-corrected chi connectivity index (χ2v) is 5.39. The van der Waals surface area contributed by atoms with Gasteiger partial charge in [-0.2, -0.15) is 8.78 Å². The number of hydrogen-bond acceptors (Lipinski definition) is 0. The van der Waals surface area contributed by atoms with E-state index in [1.807, 2.05) is 0 Å². The summed E-state index contributed by atoms with van der Waals surface area (Å²) in [4.78, 5) is 0. The first kappa shape index (κ1) is 12.1. The Labute approximate surface area is 86.6 Å². The van der Waals surface area contributed by atoms with Crippen LogP contribution in [0.25, 0.3) is 0 Å². The summed E-state index contributed by atoms with van der Waals surface area (Å²) in [6, 6.07) is 0. The fourth-order valence-corrected chi connectivity index (χ4v) is 1.64. The van der Waals surface area contributed by atoms with Gasteiger partial charge in [-0.1, -0.05) is 41.1 Å². The molecule has 0 aliphatic rings. The largest absolute Gasteiger partial charge is 0.369 e. The van der Waals surface area contributed by atoms with Gasteiger partial charge in [0.05, 0.1) is 0 Å². The van der Waals surface area contributed by atoms with E-state index >= 15 is 0 Å². The highest BCUT2D eigenvalue weighted by atomic mass is 127. The third-order valence-corrected chi connectivity index (χ3v) is 2.18. The van der Waals surface area contributed by atoms with Crippen molar-refractivity contribution >= 4 is 45.8 Å². The van der Waals surface area contributed by atoms with E-state index < -0.39 is 16.9 Å². The Morgan fingerprint density at radius 1 is 1.36 bits per heavy atom. The molecule has 11 heavy (non-hydrogen) atoms. The summed E-state index contributed by atoms with van der Waals surface area (Å²) in [6.45, 7) is 1.57. The fraction of sp³-hybridized carbons (Fsp3) is 1.00. The van der Waals surface area contributed by atoms with Gasteiger partial charge in [-0.3, -0.25) is 0 Å². The summed E-state index contributed by atoms with van der Waals surface area (Å²) in [5.74, 6) is 0. The van der Waals surface area contributed by atoms with Crippen molar-refractivity contribution < 1.29 is 13.2 Å². The van der Waals surface area contributed by atoms with Crippen molar-refractivity contribution in [2.45, 2.75) is 27.8 Å². The average Bonchev–Trinajstić information content (AvgIpc) is 1.56. The smallest absolute Gasteiger partial charge is 0.218 e. The minimum atomic E-state index is -4.01. The van der Waals surface area contributed by atoms with Gasteiger partial charge in [0, 0.05) is 10.3 Å². The molecule has 0 spiro atoms. The van der Waals surface area contributed by atoms with E-state index in [0.29, 0.717) is 0 Å². The Kier molecular flexibility index (Phi) is 4.26. The predicted molar refractivity (Wildman–Crippen MR) is 48.6 cm³/mol. The first-order valence-corrected chi connectivity index (χ1v) is 4.75. The molecule has 0 saturated carbocycles. The van der Waals surface area contributed by atoms with Crippen LogP contribution < -0.4 is 0 Å². The number of rotatable bonds is 3. The van der Waals surface area contributed by atoms with Crippen LogP contribution in [0.15, 0.2) is 0 Å². The Bertz CT molecular complexity index is 132. The lowest BCUT2D eigenvalue weighted by Crippen LogP contribution is -2.35. The van der Waals surface area contributed by atoms with Crippen LogP contribution in [0, 0.1) is 0 Å². The molecule has 68 valence electrons. The molecule has 0 aromatic carbocycles. The lowest BCUT2D eigenvalue weighted by molar-refractivity contribution is -0.0229. The Morgan fingerprint density at radius 2 is 1.73 bits per heavy atom. The lowest BCUT2D eigenvalue weighted by Gasteiger charge is -2.23. The highest BCUT2D eigenvalue weighted by Crippen LogP contribution is 2.43. The molecule has 0 fully saturated rings. The third kappa shape index (κ3) is 4.03. The number of alkyl halides is 6. The van der Waals surface area contributed by atoms with Crippen molar-refractivity contribution in [1.29, 1.82) is 0 Å². The van der Waals surface area contributed by atoms with Gasteiger partial charge < -0.3 is 0 Å². The van der Waals surface area contributed by atoms with Gasteiger partial charge in [-0.25, -0.2) is 4.39 Å². The van der Waals surface area contributed by atoms with Crippen LogP contribution in [0.2, 0.25) is 0 Å². The molecule has 0 aliphatic carbocycles. The predicted octanol–water partition coefficient (Wildman–Crippen LogP) is 3.94. The molecule has 0 heterocycles. The molecule has 2 unspecified atom stereocenters. The van der Waals surface area contributed by atoms with Crippen molar-refractivity contribution in [1.82, 2.24) is 0 Å². The van der Waals surface area contributed by atoms with E-state index in [1.165, 1.54) is 0 Å². The summed E-state index contributed by atoms with van der Waals surface area (Å²) >= 11 is 11.1. The van der Waals surface area contributed by atoms with Crippen molar-refractivity contribution in [3.05, 3.63) is 0 Å². The summed E-state index contributed by atoms with van der Waals surface area (Å²) in [7, 11) is 0. The Balaban J connectivity index is 4.22. The molecule has 0 bridgehead atoms. The quantitative estimate of drug-likeness (QED) is 0.546. The summed E-state index contributed by atoms with van der Waals surface area (Å²) in [5, 5.41) is -7.15. The monoisotopic (exact) mass is 320 g/mol. The van der Waals surface area contributed by atoms with Gasteiger partial charge in [0.15, 0.2) is 0 Å². The van der Waals surface area contributed by atoms with Gasteiger partial charge in [0.2, 0.25) is 0 Å². The second-order valence-electron chi connectivity index (χ2n) is 2.19. The normalized spacial score (nSPS) is 21.0. The summed E-state index contributed by atoms with van der Waals surface area (Å²) in [6.07, 6.45) is -0.481. The highest BCUT2D eigenvalue weighted by Gasteiger charge is 2.52. The van der Waals surface area contributed by atoms with E-state index in [0.717, 1.165) is 0 Å². The first-order valence-electron chi connectivity index (χ1n) is 2.75. The maximum atomic E-state index is 12.7. The molecule has 0 aliphatic heterocycles. The Morgan fingerprint density at radius 3 is 1.82 bits per heavy atom. The molecule has 0 aromatic heterocycles. The van der Waals surface area contributed by atoms with Crippen molar-refractivity contribution in [2.75, 3.05) is 0 Å². The molecular formula is C5H6Cl2F3I. The van der Waals surface area contributed by atoms with E-state index in [-0.39, 0.29) is 3.92 Å². The third-order valence-electron chi connectivity index (χ3n) is 0.952. The molecule has 0 aromatic rings. The molecule has 0 amide bonds. The topological polar surface area (TPSA) is 0 Å². The van der Waals surface area contributed by atoms with Crippen LogP contribution in [0.3, 0.4) is 0 Å². The van der Waals surface area contributed by atoms with E-state index in [1.54, 1.807) is 29.5 Å². The molecular weight excluding hydrogens is 315 g/mol. The van der Waals surface area contributed by atoms with Gasteiger partial charge in [0.1, 0.15) is 0 Å². The van der Waals surface area contributed by atoms with Crippen molar-refractivity contribution in [2.24, 2.45) is 0 Å². The van der Waals surface area contributed by atoms with E-state index in [9.17, 15) is 13.2 Å². The van der Waals surface area contributed by atoms with Gasteiger partial charge >= 0.3 is 5.38 Å². The van der Waals surface area contributed by atoms with Crippen molar-refractivity contribution in [3.8, 4) is 0 Å². The minimum Gasteiger partial charge on any atom is -0.218 e. The van der Waals surface area contributed by atoms with Crippen LogP contribution in [0.1, 0.15) is 13.3 Å². The Hall–Kier alpha value is 1.10. The van der Waals surface area contributed by atoms with Crippen LogP contribution in [0.4, 0.5) is 13.2 Å². The van der Waals surface area contributed by atoms with Crippen LogP contribution in [0.5, 0.6) is 0 Å². The average molecular weight is 321 g/mol. The van der Waals surface area contributed by atoms with Gasteiger partial charge in [-0.15, -0.1) is 0 Å². The van der Waals surface area contributed by atoms with E-state index in [4.69, 9.17) is 11.6 Å². The van der Waals surface area contributed by atoms with Gasteiger partial charge in [-0.05, 0) is 11.6 Å². The molecule has 2 atom stereocenters. The van der Waals surface area contributed by atoms with Crippen LogP contribution in [-0.2, 0) is 0 Å². The zero-order valence-corrected chi connectivity index (χ0v) is 9.22. The first-order chi connectivity index (χ1) is 4.67. The van der Waals surface area contributed by atoms with Crippen molar-refractivity contribution in [3.63, 3.8) is 0 Å². The molecule has 0 nitrogen and oxygen atoms in total. The second kappa shape index (κ2) is 3.87. The standard InChI is InChI=1S/C5H6Cl2F3I/c1-3(11)2-4(6,8)5(7,9)10/h3H,2H2,1H3. The fourth-order valence-electron chi connectivity index (χ4n) is 0.469. The summed E-state index contributed by atoms with van der Waals surface area (Å²) < 4.78 is 36.7. The van der Waals surface area contributed by atoms with Gasteiger partial charge in [0.25, 0.3) is 5.13 Å². The van der Waals surface area contributed by atoms with Crippen LogP contribution in [-0.4, -0.2) is 14.4 Å². The SMILES string of the molecule is CC(I)CC(F)(Cl)C(F)(F)Cl. The maximum Gasteiger partial charge on any atom is 0.369 e. The molecule has 0 rings (SSSR count). The molecule has 0 N–H and O–H groups in total. The minimum absolute atomic E-state index is 0.292. The molecule has 0 radical (unpaired) electrons. The number of hydrogen-bond donors (Lipinski definition) is 0. The molecule has 6 heteroatoms. The highest BCUT2D eigenvalue weighted by molar-refractivity contribution is 14.1. The van der Waals surface area contributed by atoms with E-state index in [2.05, 4.69) is 11.6 Å². The zero-order chi connectivity index (χ0) is 9.28. The van der Waals surface area contributed by atoms with Crippen LogP contribution >= 0.6 is 45.8 Å². The molecule has 0 saturated heterocycles. The summed E-state index contributed by atoms with van der Waals surface area (Å²) in [5.41, 5.74) is 0.